The molecule has 1 heterocycles. The first-order valence-corrected chi connectivity index (χ1v) is 7.37. The Kier molecular flexibility index (Phi) is 6.13. The van der Waals surface area contributed by atoms with Crippen molar-refractivity contribution in [3.8, 4) is 5.75 Å². The second-order valence-electron chi connectivity index (χ2n) is 4.90. The van der Waals surface area contributed by atoms with Crippen LogP contribution in [0.1, 0.15) is 18.1 Å². The summed E-state index contributed by atoms with van der Waals surface area (Å²) in [6, 6.07) is 7.45. The highest BCUT2D eigenvalue weighted by Gasteiger charge is 2.07. The standard InChI is InChI=1S/C16H20N2O5/c1-2-23-14-5-3-4-12(9-14)8-13-10-18(11-22-7-6-19)16(21)17-15(13)20/h3-5,9-10,19H,2,6-8,11H2,1H3,(H,17,20,21). The Morgan fingerprint density at radius 1 is 1.30 bits per heavy atom. The summed E-state index contributed by atoms with van der Waals surface area (Å²) >= 11 is 0. The molecule has 0 radical (unpaired) electrons. The SMILES string of the molecule is CCOc1cccc(Cc2cn(COCCO)c(=O)[nH]c2=O)c1. The number of hydrogen-bond acceptors (Lipinski definition) is 5. The van der Waals surface area contributed by atoms with Gasteiger partial charge in [-0.05, 0) is 24.6 Å². The lowest BCUT2D eigenvalue weighted by molar-refractivity contribution is 0.0455. The first-order valence-electron chi connectivity index (χ1n) is 7.37. The van der Waals surface area contributed by atoms with Crippen LogP contribution in [0.4, 0.5) is 0 Å². The third-order valence-electron chi connectivity index (χ3n) is 3.15. The lowest BCUT2D eigenvalue weighted by Crippen LogP contribution is -2.32. The van der Waals surface area contributed by atoms with E-state index in [4.69, 9.17) is 14.6 Å². The molecule has 2 N–H and O–H groups in total. The molecule has 0 saturated heterocycles. The summed E-state index contributed by atoms with van der Waals surface area (Å²) in [5.41, 5.74) is 0.392. The van der Waals surface area contributed by atoms with Gasteiger partial charge in [0.25, 0.3) is 5.56 Å². The average Bonchev–Trinajstić information content (AvgIpc) is 2.52. The van der Waals surface area contributed by atoms with Crippen LogP contribution >= 0.6 is 0 Å². The monoisotopic (exact) mass is 320 g/mol. The number of aliphatic hydroxyl groups excluding tert-OH is 1. The van der Waals surface area contributed by atoms with Gasteiger partial charge in [0, 0.05) is 18.2 Å². The first kappa shape index (κ1) is 17.0. The van der Waals surface area contributed by atoms with E-state index < -0.39 is 11.2 Å². The third kappa shape index (κ3) is 4.80. The summed E-state index contributed by atoms with van der Waals surface area (Å²) < 4.78 is 11.8. The Balaban J connectivity index is 2.22. The minimum Gasteiger partial charge on any atom is -0.494 e. The number of nitrogens with zero attached hydrogens (tertiary/aromatic N) is 1. The molecule has 0 aliphatic heterocycles. The fraction of sp³-hybridized carbons (Fsp3) is 0.375. The van der Waals surface area contributed by atoms with Gasteiger partial charge in [0.1, 0.15) is 12.5 Å². The summed E-state index contributed by atoms with van der Waals surface area (Å²) in [6.45, 7) is 2.44. The maximum Gasteiger partial charge on any atom is 0.330 e. The molecule has 0 aliphatic carbocycles. The van der Waals surface area contributed by atoms with E-state index in [1.807, 2.05) is 31.2 Å². The van der Waals surface area contributed by atoms with Gasteiger partial charge in [0.05, 0.1) is 19.8 Å². The Morgan fingerprint density at radius 2 is 2.13 bits per heavy atom. The molecule has 0 atom stereocenters. The fourth-order valence-corrected chi connectivity index (χ4v) is 2.14. The molecule has 0 bridgehead atoms. The van der Waals surface area contributed by atoms with Crippen molar-refractivity contribution < 1.29 is 14.6 Å². The van der Waals surface area contributed by atoms with Gasteiger partial charge in [-0.2, -0.15) is 0 Å². The number of nitrogens with one attached hydrogen (secondary N) is 1. The zero-order valence-corrected chi connectivity index (χ0v) is 12.9. The largest absolute Gasteiger partial charge is 0.494 e. The summed E-state index contributed by atoms with van der Waals surface area (Å²) in [5, 5.41) is 8.69. The van der Waals surface area contributed by atoms with Crippen LogP contribution in [0.5, 0.6) is 5.75 Å². The van der Waals surface area contributed by atoms with Crippen LogP contribution in [-0.2, 0) is 17.9 Å². The lowest BCUT2D eigenvalue weighted by atomic mass is 10.1. The van der Waals surface area contributed by atoms with Gasteiger partial charge < -0.3 is 14.6 Å². The molecule has 0 amide bonds. The number of benzene rings is 1. The third-order valence-corrected chi connectivity index (χ3v) is 3.15. The van der Waals surface area contributed by atoms with Gasteiger partial charge >= 0.3 is 5.69 Å². The van der Waals surface area contributed by atoms with E-state index in [0.717, 1.165) is 11.3 Å². The van der Waals surface area contributed by atoms with Crippen LogP contribution in [0.3, 0.4) is 0 Å². The van der Waals surface area contributed by atoms with Crippen molar-refractivity contribution in [2.45, 2.75) is 20.1 Å². The molecule has 124 valence electrons. The quantitative estimate of drug-likeness (QED) is 0.691. The Bertz CT molecular complexity index is 751. The fourth-order valence-electron chi connectivity index (χ4n) is 2.14. The molecule has 0 aliphatic rings. The second-order valence-corrected chi connectivity index (χ2v) is 4.90. The van der Waals surface area contributed by atoms with Crippen molar-refractivity contribution in [1.29, 1.82) is 0 Å². The van der Waals surface area contributed by atoms with E-state index in [1.54, 1.807) is 0 Å². The Morgan fingerprint density at radius 3 is 2.87 bits per heavy atom. The minimum absolute atomic E-state index is 0.0256. The van der Waals surface area contributed by atoms with Crippen LogP contribution in [0.15, 0.2) is 40.1 Å². The normalized spacial score (nSPS) is 10.7. The van der Waals surface area contributed by atoms with Crippen LogP contribution in [0, 0.1) is 0 Å². The predicted octanol–water partition coefficient (Wildman–Crippen LogP) is 0.492. The molecule has 0 spiro atoms. The van der Waals surface area contributed by atoms with Crippen LogP contribution < -0.4 is 16.0 Å². The Hall–Kier alpha value is -2.38. The maximum absolute atomic E-state index is 12.0. The van der Waals surface area contributed by atoms with E-state index in [-0.39, 0.29) is 19.9 Å². The maximum atomic E-state index is 12.0. The first-order chi connectivity index (χ1) is 11.1. The molecule has 23 heavy (non-hydrogen) atoms. The molecule has 1 aromatic carbocycles. The zero-order chi connectivity index (χ0) is 16.7. The summed E-state index contributed by atoms with van der Waals surface area (Å²) in [7, 11) is 0. The van der Waals surface area contributed by atoms with Gasteiger partial charge in [-0.25, -0.2) is 4.79 Å². The molecule has 0 saturated carbocycles. The minimum atomic E-state index is -0.542. The molecule has 7 nitrogen and oxygen atoms in total. The molecule has 0 fully saturated rings. The molecule has 2 rings (SSSR count). The van der Waals surface area contributed by atoms with Crippen molar-refractivity contribution in [1.82, 2.24) is 9.55 Å². The van der Waals surface area contributed by atoms with Gasteiger partial charge in [-0.15, -0.1) is 0 Å². The van der Waals surface area contributed by atoms with Crippen molar-refractivity contribution >= 4 is 0 Å². The molecule has 7 heteroatoms. The molecule has 1 aromatic heterocycles. The number of aliphatic hydroxyl groups is 1. The van der Waals surface area contributed by atoms with Crippen molar-refractivity contribution in [2.24, 2.45) is 0 Å². The van der Waals surface area contributed by atoms with Crippen molar-refractivity contribution in [3.05, 3.63) is 62.4 Å². The zero-order valence-electron chi connectivity index (χ0n) is 12.9. The predicted molar refractivity (Wildman–Crippen MR) is 84.8 cm³/mol. The average molecular weight is 320 g/mol. The number of hydrogen-bond donors (Lipinski definition) is 2. The van der Waals surface area contributed by atoms with Gasteiger partial charge in [-0.3, -0.25) is 14.3 Å². The van der Waals surface area contributed by atoms with E-state index >= 15 is 0 Å². The molecule has 0 unspecified atom stereocenters. The van der Waals surface area contributed by atoms with Gasteiger partial charge in [-0.1, -0.05) is 12.1 Å². The number of ether oxygens (including phenoxy) is 2. The van der Waals surface area contributed by atoms with Crippen molar-refractivity contribution in [2.75, 3.05) is 19.8 Å². The summed E-state index contributed by atoms with van der Waals surface area (Å²) in [5.74, 6) is 0.737. The van der Waals surface area contributed by atoms with E-state index in [9.17, 15) is 9.59 Å². The van der Waals surface area contributed by atoms with E-state index in [1.165, 1.54) is 10.8 Å². The molecular weight excluding hydrogens is 300 g/mol. The highest BCUT2D eigenvalue weighted by atomic mass is 16.5. The molecule has 2 aromatic rings. The van der Waals surface area contributed by atoms with E-state index in [0.29, 0.717) is 18.6 Å². The topological polar surface area (TPSA) is 93.6 Å². The van der Waals surface area contributed by atoms with Crippen LogP contribution in [-0.4, -0.2) is 34.5 Å². The summed E-state index contributed by atoms with van der Waals surface area (Å²) in [4.78, 5) is 26.0. The number of aromatic nitrogens is 2. The Labute approximate surface area is 133 Å². The highest BCUT2D eigenvalue weighted by molar-refractivity contribution is 5.31. The summed E-state index contributed by atoms with van der Waals surface area (Å²) in [6.07, 6.45) is 1.85. The van der Waals surface area contributed by atoms with Crippen molar-refractivity contribution in [3.63, 3.8) is 0 Å². The highest BCUT2D eigenvalue weighted by Crippen LogP contribution is 2.15. The lowest BCUT2D eigenvalue weighted by Gasteiger charge is -2.09. The second kappa shape index (κ2) is 8.30. The van der Waals surface area contributed by atoms with Crippen LogP contribution in [0.25, 0.3) is 0 Å². The van der Waals surface area contributed by atoms with Gasteiger partial charge in [0.2, 0.25) is 0 Å². The number of aromatic amines is 1. The number of rotatable bonds is 8. The molecular formula is C16H20N2O5. The van der Waals surface area contributed by atoms with Crippen LogP contribution in [0.2, 0.25) is 0 Å². The van der Waals surface area contributed by atoms with Gasteiger partial charge in [0.15, 0.2) is 0 Å². The number of H-pyrrole nitrogens is 1. The smallest absolute Gasteiger partial charge is 0.330 e. The van der Waals surface area contributed by atoms with E-state index in [2.05, 4.69) is 4.98 Å².